The largest absolute Gasteiger partial charge is 0.0654 e. The second kappa shape index (κ2) is 7.00. The average Bonchev–Trinajstić information content (AvgIpc) is 2.42. The average molecular weight is 238 g/mol. The van der Waals surface area contributed by atoms with Gasteiger partial charge in [-0.05, 0) is 29.5 Å². The molecule has 0 N–H and O–H groups in total. The van der Waals surface area contributed by atoms with Gasteiger partial charge < -0.3 is 0 Å². The van der Waals surface area contributed by atoms with E-state index in [1.807, 2.05) is 36.4 Å². The standard InChI is InChI=1S/C12H16.C6H6/c1-2-3-4-5-6-10-9-11-7-8-12(10)11;1-2-4-6-5-3-1/h7-9H,2-6H2,1H3;1-6H. The molecule has 0 nitrogen and oxygen atoms in total. The second-order valence-corrected chi connectivity index (χ2v) is 4.84. The lowest BCUT2D eigenvalue weighted by molar-refractivity contribution is 0.666. The summed E-state index contributed by atoms with van der Waals surface area (Å²) in [4.78, 5) is 0. The molecule has 0 heterocycles. The molecule has 0 radical (unpaired) electrons. The van der Waals surface area contributed by atoms with Crippen LogP contribution in [0.1, 0.15) is 38.2 Å². The highest BCUT2D eigenvalue weighted by Gasteiger charge is 2.14. The van der Waals surface area contributed by atoms with Gasteiger partial charge in [-0.15, -0.1) is 0 Å². The lowest BCUT2D eigenvalue weighted by atomic mass is 9.84. The van der Waals surface area contributed by atoms with Gasteiger partial charge in [-0.25, -0.2) is 0 Å². The van der Waals surface area contributed by atoms with Gasteiger partial charge in [0.2, 0.25) is 0 Å². The van der Waals surface area contributed by atoms with E-state index in [1.54, 1.807) is 11.1 Å². The molecule has 0 saturated carbocycles. The van der Waals surface area contributed by atoms with Gasteiger partial charge in [0.15, 0.2) is 0 Å². The summed E-state index contributed by atoms with van der Waals surface area (Å²) < 4.78 is 0. The van der Waals surface area contributed by atoms with Crippen LogP contribution in [0.25, 0.3) is 11.1 Å². The summed E-state index contributed by atoms with van der Waals surface area (Å²) >= 11 is 0. The van der Waals surface area contributed by atoms with Crippen molar-refractivity contribution in [1.82, 2.24) is 0 Å². The van der Waals surface area contributed by atoms with Crippen LogP contribution in [0.3, 0.4) is 0 Å². The Morgan fingerprint density at radius 3 is 1.83 bits per heavy atom. The Morgan fingerprint density at radius 1 is 0.778 bits per heavy atom. The van der Waals surface area contributed by atoms with Crippen LogP contribution in [0.15, 0.2) is 54.6 Å². The summed E-state index contributed by atoms with van der Waals surface area (Å²) in [5.74, 6) is 0. The molecule has 0 fully saturated rings. The Balaban J connectivity index is 0.000000169. The Morgan fingerprint density at radius 2 is 1.44 bits per heavy atom. The van der Waals surface area contributed by atoms with Gasteiger partial charge in [0.25, 0.3) is 0 Å². The zero-order chi connectivity index (χ0) is 12.6. The number of fused-ring (bicyclic) bond motifs is 1. The van der Waals surface area contributed by atoms with Crippen LogP contribution in [0.4, 0.5) is 0 Å². The predicted molar refractivity (Wildman–Crippen MR) is 79.7 cm³/mol. The summed E-state index contributed by atoms with van der Waals surface area (Å²) in [5, 5.41) is 0. The summed E-state index contributed by atoms with van der Waals surface area (Å²) in [6.07, 6.45) is 6.83. The number of hydrogen-bond donors (Lipinski definition) is 0. The van der Waals surface area contributed by atoms with E-state index in [0.29, 0.717) is 0 Å². The molecule has 0 aromatic heterocycles. The van der Waals surface area contributed by atoms with Gasteiger partial charge in [-0.3, -0.25) is 0 Å². The van der Waals surface area contributed by atoms with Gasteiger partial charge >= 0.3 is 0 Å². The fourth-order valence-corrected chi connectivity index (χ4v) is 2.20. The Kier molecular flexibility index (Phi) is 5.01. The third-order valence-electron chi connectivity index (χ3n) is 3.38. The van der Waals surface area contributed by atoms with Crippen LogP contribution in [0, 0.1) is 0 Å². The van der Waals surface area contributed by atoms with Crippen LogP contribution in [0.2, 0.25) is 0 Å². The van der Waals surface area contributed by atoms with E-state index < -0.39 is 0 Å². The third-order valence-corrected chi connectivity index (χ3v) is 3.38. The van der Waals surface area contributed by atoms with Crippen LogP contribution in [0.5, 0.6) is 0 Å². The van der Waals surface area contributed by atoms with Crippen molar-refractivity contribution in [2.45, 2.75) is 39.0 Å². The molecule has 3 rings (SSSR count). The van der Waals surface area contributed by atoms with Crippen LogP contribution >= 0.6 is 0 Å². The van der Waals surface area contributed by atoms with Crippen molar-refractivity contribution in [1.29, 1.82) is 0 Å². The molecule has 0 aliphatic heterocycles. The molecule has 1 aromatic rings. The quantitative estimate of drug-likeness (QED) is 0.516. The minimum atomic E-state index is 1.31. The number of benzene rings is 2. The van der Waals surface area contributed by atoms with Gasteiger partial charge in [0.1, 0.15) is 0 Å². The number of rotatable bonds is 5. The zero-order valence-electron chi connectivity index (χ0n) is 11.2. The monoisotopic (exact) mass is 238 g/mol. The second-order valence-electron chi connectivity index (χ2n) is 4.84. The molecular formula is C18H22. The normalized spacial score (nSPS) is 10.5. The van der Waals surface area contributed by atoms with E-state index in [1.165, 1.54) is 37.7 Å². The molecule has 18 heavy (non-hydrogen) atoms. The molecule has 1 aromatic carbocycles. The molecule has 0 saturated heterocycles. The van der Waals surface area contributed by atoms with Gasteiger partial charge in [0.05, 0.1) is 0 Å². The summed E-state index contributed by atoms with van der Waals surface area (Å²) in [7, 11) is 0. The van der Waals surface area contributed by atoms with E-state index in [4.69, 9.17) is 0 Å². The van der Waals surface area contributed by atoms with Gasteiger partial charge in [-0.1, -0.05) is 80.8 Å². The molecule has 0 amide bonds. The molecule has 0 atom stereocenters. The minimum Gasteiger partial charge on any atom is -0.0654 e. The first-order chi connectivity index (χ1) is 8.92. The van der Waals surface area contributed by atoms with Crippen molar-refractivity contribution in [2.24, 2.45) is 0 Å². The van der Waals surface area contributed by atoms with E-state index in [9.17, 15) is 0 Å². The van der Waals surface area contributed by atoms with Gasteiger partial charge in [0, 0.05) is 0 Å². The number of hydrogen-bond acceptors (Lipinski definition) is 0. The van der Waals surface area contributed by atoms with Crippen molar-refractivity contribution in [3.63, 3.8) is 0 Å². The van der Waals surface area contributed by atoms with Crippen LogP contribution in [-0.4, -0.2) is 0 Å². The summed E-state index contributed by atoms with van der Waals surface area (Å²) in [6.45, 7) is 2.26. The predicted octanol–water partition coefficient (Wildman–Crippen LogP) is 5.48. The molecular weight excluding hydrogens is 216 g/mol. The fourth-order valence-electron chi connectivity index (χ4n) is 2.20. The zero-order valence-corrected chi connectivity index (χ0v) is 11.2. The Hall–Kier alpha value is -1.56. The number of aryl methyl sites for hydroxylation is 1. The molecule has 2 aliphatic carbocycles. The van der Waals surface area contributed by atoms with Crippen molar-refractivity contribution >= 4 is 0 Å². The van der Waals surface area contributed by atoms with Gasteiger partial charge in [-0.2, -0.15) is 0 Å². The first-order valence-electron chi connectivity index (χ1n) is 7.05. The van der Waals surface area contributed by atoms with E-state index in [0.717, 1.165) is 0 Å². The Bertz CT molecular complexity index is 430. The summed E-state index contributed by atoms with van der Waals surface area (Å²) in [5.41, 5.74) is 4.63. The molecule has 0 heteroatoms. The maximum atomic E-state index is 2.33. The molecule has 2 aliphatic rings. The first kappa shape index (κ1) is 12.9. The van der Waals surface area contributed by atoms with Crippen LogP contribution < -0.4 is 0 Å². The minimum absolute atomic E-state index is 1.31. The SMILES string of the molecule is CCCCCCc1cc2ccc1-2.c1ccccc1. The highest BCUT2D eigenvalue weighted by molar-refractivity contribution is 5.80. The maximum absolute atomic E-state index is 2.33. The van der Waals surface area contributed by atoms with E-state index in [2.05, 4.69) is 25.1 Å². The van der Waals surface area contributed by atoms with Crippen LogP contribution in [-0.2, 0) is 6.42 Å². The number of unbranched alkanes of at least 4 members (excludes halogenated alkanes) is 3. The fraction of sp³-hybridized carbons (Fsp3) is 0.333. The molecule has 94 valence electrons. The lowest BCUT2D eigenvalue weighted by Gasteiger charge is -2.20. The molecule has 0 spiro atoms. The highest BCUT2D eigenvalue weighted by Crippen LogP contribution is 2.37. The third kappa shape index (κ3) is 3.46. The topological polar surface area (TPSA) is 0 Å². The first-order valence-corrected chi connectivity index (χ1v) is 7.05. The lowest BCUT2D eigenvalue weighted by Crippen LogP contribution is -2.00. The maximum Gasteiger partial charge on any atom is -0.0151 e. The molecule has 0 unspecified atom stereocenters. The summed E-state index contributed by atoms with van der Waals surface area (Å²) in [6, 6.07) is 18.8. The smallest absolute Gasteiger partial charge is 0.0151 e. The van der Waals surface area contributed by atoms with Crippen molar-refractivity contribution in [3.05, 3.63) is 60.2 Å². The van der Waals surface area contributed by atoms with Crippen molar-refractivity contribution in [2.75, 3.05) is 0 Å². The van der Waals surface area contributed by atoms with Crippen molar-refractivity contribution < 1.29 is 0 Å². The Labute approximate surface area is 111 Å². The molecule has 0 bridgehead atoms. The van der Waals surface area contributed by atoms with E-state index in [-0.39, 0.29) is 0 Å². The van der Waals surface area contributed by atoms with Crippen molar-refractivity contribution in [3.8, 4) is 11.1 Å². The highest BCUT2D eigenvalue weighted by atomic mass is 14.2. The van der Waals surface area contributed by atoms with E-state index >= 15 is 0 Å².